The fraction of sp³-hybridized carbons (Fsp3) is 0.214. The van der Waals surface area contributed by atoms with E-state index >= 15 is 0 Å². The van der Waals surface area contributed by atoms with Crippen LogP contribution in [-0.4, -0.2) is 52.9 Å². The van der Waals surface area contributed by atoms with Gasteiger partial charge in [0.05, 0.1) is 29.1 Å². The molecule has 0 spiro atoms. The summed E-state index contributed by atoms with van der Waals surface area (Å²) in [5.74, 6) is -0.704. The van der Waals surface area contributed by atoms with Crippen LogP contribution in [0.2, 0.25) is 0 Å². The maximum atomic E-state index is 13.2. The van der Waals surface area contributed by atoms with Crippen molar-refractivity contribution in [2.45, 2.75) is 25.8 Å². The molecule has 1 aliphatic heterocycles. The van der Waals surface area contributed by atoms with Crippen LogP contribution in [0.5, 0.6) is 0 Å². The Kier molecular flexibility index (Phi) is 7.08. The van der Waals surface area contributed by atoms with Crippen molar-refractivity contribution >= 4 is 38.3 Å². The minimum atomic E-state index is -3.53. The number of aryl methyl sites for hydroxylation is 1. The Morgan fingerprint density at radius 2 is 1.85 bits per heavy atom. The molecule has 9 nitrogen and oxygen atoms in total. The lowest BCUT2D eigenvalue weighted by Crippen LogP contribution is -2.43. The highest BCUT2D eigenvalue weighted by atomic mass is 32.2. The van der Waals surface area contributed by atoms with Crippen molar-refractivity contribution in [1.82, 2.24) is 13.9 Å². The van der Waals surface area contributed by atoms with E-state index in [1.54, 1.807) is 19.1 Å². The summed E-state index contributed by atoms with van der Waals surface area (Å²) < 4.78 is 25.0. The Balaban J connectivity index is 1.30. The zero-order chi connectivity index (χ0) is 27.7. The van der Waals surface area contributed by atoms with Crippen molar-refractivity contribution in [2.24, 2.45) is 0 Å². The molecule has 0 bridgehead atoms. The number of nitrogens with zero attached hydrogens (tertiary/aromatic N) is 4. The Morgan fingerprint density at radius 3 is 2.54 bits per heavy atom. The lowest BCUT2D eigenvalue weighted by atomic mass is 10.0. The quantitative estimate of drug-likeness (QED) is 0.371. The Labute approximate surface area is 230 Å². The molecule has 1 N–H and O–H groups in total. The second kappa shape index (κ2) is 10.5. The normalized spacial score (nSPS) is 15.2. The van der Waals surface area contributed by atoms with Crippen molar-refractivity contribution in [1.29, 1.82) is 5.26 Å². The fourth-order valence-electron chi connectivity index (χ4n) is 4.72. The van der Waals surface area contributed by atoms with Gasteiger partial charge in [-0.15, -0.1) is 11.3 Å². The monoisotopic (exact) mass is 559 g/mol. The number of hydrogen-bond acceptors (Lipinski definition) is 7. The average molecular weight is 560 g/mol. The van der Waals surface area contributed by atoms with E-state index in [9.17, 15) is 18.0 Å². The first-order chi connectivity index (χ1) is 18.6. The van der Waals surface area contributed by atoms with E-state index in [1.165, 1.54) is 28.5 Å². The Bertz CT molecular complexity index is 1710. The zero-order valence-electron chi connectivity index (χ0n) is 21.3. The van der Waals surface area contributed by atoms with Gasteiger partial charge in [-0.3, -0.25) is 9.59 Å². The summed E-state index contributed by atoms with van der Waals surface area (Å²) in [5, 5.41) is 14.2. The van der Waals surface area contributed by atoms with Gasteiger partial charge < -0.3 is 10.2 Å². The maximum absolute atomic E-state index is 13.2. The first-order valence-electron chi connectivity index (χ1n) is 12.2. The van der Waals surface area contributed by atoms with Gasteiger partial charge >= 0.3 is 0 Å². The molecule has 198 valence electrons. The van der Waals surface area contributed by atoms with Gasteiger partial charge in [-0.25, -0.2) is 17.4 Å². The van der Waals surface area contributed by atoms with Crippen LogP contribution < -0.4 is 5.32 Å². The van der Waals surface area contributed by atoms with E-state index in [-0.39, 0.29) is 17.4 Å². The fourth-order valence-corrected chi connectivity index (χ4v) is 6.33. The van der Waals surface area contributed by atoms with Gasteiger partial charge in [0.15, 0.2) is 5.13 Å². The van der Waals surface area contributed by atoms with Crippen LogP contribution in [0.4, 0.5) is 5.13 Å². The summed E-state index contributed by atoms with van der Waals surface area (Å²) in [7, 11) is -3.53. The minimum absolute atomic E-state index is 0.233. The third kappa shape index (κ3) is 5.48. The van der Waals surface area contributed by atoms with Gasteiger partial charge in [-0.1, -0.05) is 30.3 Å². The number of aromatic nitrogens is 2. The van der Waals surface area contributed by atoms with Crippen molar-refractivity contribution in [2.75, 3.05) is 18.1 Å². The molecule has 4 aromatic rings. The lowest BCUT2D eigenvalue weighted by molar-refractivity contribution is -0.119. The molecule has 1 fully saturated rings. The minimum Gasteiger partial charge on any atom is -0.327 e. The predicted octanol–water partition coefficient (Wildman–Crippen LogP) is 4.51. The number of carbonyl (C=O) groups excluding carboxylic acids is 2. The molecule has 0 radical (unpaired) electrons. The standard InChI is InChI=1S/C28H25N5O4S2/c1-18-13-23(16-33(18)39(2,36)37)27(35)32-12-4-7-25(32)26(34)31-28-30-24(17-38-28)22-6-3-5-21(14-22)20-10-8-19(15-29)9-11-20/h3,5-6,8-11,13-14,16-17,25H,4,7,12H2,1-2H3,(H,30,31,34)/t25-/m0/s1. The van der Waals surface area contributed by atoms with Gasteiger partial charge in [0.1, 0.15) is 6.04 Å². The highest BCUT2D eigenvalue weighted by Crippen LogP contribution is 2.30. The summed E-state index contributed by atoms with van der Waals surface area (Å²) in [6.45, 7) is 2.03. The summed E-state index contributed by atoms with van der Waals surface area (Å²) in [6.07, 6.45) is 3.56. The number of hydrogen-bond donors (Lipinski definition) is 1. The molecular weight excluding hydrogens is 534 g/mol. The molecule has 0 aliphatic carbocycles. The SMILES string of the molecule is Cc1cc(C(=O)N2CCC[C@H]2C(=O)Nc2nc(-c3cccc(-c4ccc(C#N)cc4)c3)cs2)cn1S(C)(=O)=O. The van der Waals surface area contributed by atoms with Crippen LogP contribution in [0.1, 0.15) is 34.5 Å². The topological polar surface area (TPSA) is 125 Å². The smallest absolute Gasteiger partial charge is 0.256 e. The maximum Gasteiger partial charge on any atom is 0.256 e. The van der Waals surface area contributed by atoms with Gasteiger partial charge in [0.2, 0.25) is 15.9 Å². The van der Waals surface area contributed by atoms with Gasteiger partial charge in [0.25, 0.3) is 5.91 Å². The zero-order valence-corrected chi connectivity index (χ0v) is 22.9. The molecule has 1 aliphatic rings. The number of likely N-dealkylation sites (tertiary alicyclic amines) is 1. The van der Waals surface area contributed by atoms with Crippen LogP contribution in [-0.2, 0) is 14.8 Å². The van der Waals surface area contributed by atoms with E-state index in [0.717, 1.165) is 26.9 Å². The van der Waals surface area contributed by atoms with E-state index in [1.807, 2.05) is 41.8 Å². The second-order valence-corrected chi connectivity index (χ2v) is 12.1. The summed E-state index contributed by atoms with van der Waals surface area (Å²) in [5.41, 5.74) is 4.82. The molecule has 1 atom stereocenters. The van der Waals surface area contributed by atoms with Crippen LogP contribution in [0, 0.1) is 18.3 Å². The largest absolute Gasteiger partial charge is 0.327 e. The molecule has 39 heavy (non-hydrogen) atoms. The molecule has 1 saturated heterocycles. The van der Waals surface area contributed by atoms with Crippen LogP contribution in [0.25, 0.3) is 22.4 Å². The molecule has 2 aromatic heterocycles. The van der Waals surface area contributed by atoms with Gasteiger partial charge in [0, 0.05) is 29.4 Å². The van der Waals surface area contributed by atoms with Crippen LogP contribution in [0.15, 0.2) is 66.2 Å². The van der Waals surface area contributed by atoms with Crippen LogP contribution in [0.3, 0.4) is 0 Å². The summed E-state index contributed by atoms with van der Waals surface area (Å²) in [4.78, 5) is 32.4. The molecule has 2 aromatic carbocycles. The van der Waals surface area contributed by atoms with Crippen molar-refractivity contribution in [3.63, 3.8) is 0 Å². The van der Waals surface area contributed by atoms with E-state index in [0.29, 0.717) is 41.5 Å². The number of benzene rings is 2. The summed E-state index contributed by atoms with van der Waals surface area (Å²) >= 11 is 1.30. The Hall–Kier alpha value is -4.27. The van der Waals surface area contributed by atoms with Gasteiger partial charge in [-0.05, 0) is 55.2 Å². The van der Waals surface area contributed by atoms with Crippen molar-refractivity contribution < 1.29 is 18.0 Å². The van der Waals surface area contributed by atoms with E-state index < -0.39 is 16.1 Å². The molecule has 0 saturated carbocycles. The molecule has 3 heterocycles. The third-order valence-electron chi connectivity index (χ3n) is 6.63. The number of rotatable bonds is 6. The number of nitrogens with one attached hydrogen (secondary N) is 1. The lowest BCUT2D eigenvalue weighted by Gasteiger charge is -2.23. The van der Waals surface area contributed by atoms with E-state index in [2.05, 4.69) is 16.4 Å². The first kappa shape index (κ1) is 26.3. The second-order valence-electron chi connectivity index (χ2n) is 9.38. The number of thiazole rings is 1. The van der Waals surface area contributed by atoms with E-state index in [4.69, 9.17) is 5.26 Å². The predicted molar refractivity (Wildman–Crippen MR) is 150 cm³/mol. The van der Waals surface area contributed by atoms with Crippen molar-refractivity contribution in [3.8, 4) is 28.5 Å². The first-order valence-corrected chi connectivity index (χ1v) is 14.9. The van der Waals surface area contributed by atoms with Gasteiger partial charge in [-0.2, -0.15) is 5.26 Å². The molecule has 5 rings (SSSR count). The highest BCUT2D eigenvalue weighted by Gasteiger charge is 2.35. The highest BCUT2D eigenvalue weighted by molar-refractivity contribution is 7.89. The molecular formula is C28H25N5O4S2. The summed E-state index contributed by atoms with van der Waals surface area (Å²) in [6, 6.07) is 18.2. The number of amides is 2. The number of nitriles is 1. The third-order valence-corrected chi connectivity index (χ3v) is 8.49. The molecule has 11 heteroatoms. The Morgan fingerprint density at radius 1 is 1.10 bits per heavy atom. The number of anilines is 1. The van der Waals surface area contributed by atoms with Crippen molar-refractivity contribution in [3.05, 3.63) is 83.0 Å². The average Bonchev–Trinajstić information content (AvgIpc) is 3.68. The number of carbonyl (C=O) groups is 2. The molecule has 2 amide bonds. The van der Waals surface area contributed by atoms with Crippen LogP contribution >= 0.6 is 11.3 Å². The molecule has 0 unspecified atom stereocenters.